The molecule has 0 radical (unpaired) electrons. The molecule has 3 heteroatoms. The van der Waals surface area contributed by atoms with Gasteiger partial charge in [-0.1, -0.05) is 13.0 Å². The van der Waals surface area contributed by atoms with Crippen molar-refractivity contribution in [3.05, 3.63) is 34.6 Å². The highest BCUT2D eigenvalue weighted by atomic mass is 19.1. The van der Waals surface area contributed by atoms with Gasteiger partial charge in [0.05, 0.1) is 11.6 Å². The molecule has 0 saturated carbocycles. The van der Waals surface area contributed by atoms with E-state index in [4.69, 9.17) is 4.74 Å². The molecule has 0 bridgehead atoms. The van der Waals surface area contributed by atoms with Crippen LogP contribution in [0, 0.1) is 19.7 Å². The van der Waals surface area contributed by atoms with Crippen molar-refractivity contribution in [2.45, 2.75) is 52.7 Å². The summed E-state index contributed by atoms with van der Waals surface area (Å²) in [6, 6.07) is 3.46. The smallest absolute Gasteiger partial charge is 0.128 e. The Hall–Kier alpha value is -0.930. The molecule has 0 spiro atoms. The maximum atomic E-state index is 14.4. The summed E-state index contributed by atoms with van der Waals surface area (Å²) in [5, 5.41) is 3.23. The van der Waals surface area contributed by atoms with Crippen molar-refractivity contribution in [2.24, 2.45) is 0 Å². The van der Waals surface area contributed by atoms with E-state index in [9.17, 15) is 4.39 Å². The maximum absolute atomic E-state index is 14.4. The summed E-state index contributed by atoms with van der Waals surface area (Å²) in [7, 11) is 1.86. The lowest BCUT2D eigenvalue weighted by atomic mass is 9.85. The minimum absolute atomic E-state index is 0.155. The van der Waals surface area contributed by atoms with Gasteiger partial charge in [0, 0.05) is 12.2 Å². The van der Waals surface area contributed by atoms with Gasteiger partial charge in [-0.3, -0.25) is 0 Å². The highest BCUT2D eigenvalue weighted by Gasteiger charge is 2.36. The van der Waals surface area contributed by atoms with Crippen molar-refractivity contribution in [3.8, 4) is 0 Å². The second-order valence-corrected chi connectivity index (χ2v) is 5.30. The highest BCUT2D eigenvalue weighted by Crippen LogP contribution is 2.35. The zero-order valence-corrected chi connectivity index (χ0v) is 12.9. The molecule has 0 aliphatic heterocycles. The van der Waals surface area contributed by atoms with E-state index in [-0.39, 0.29) is 11.9 Å². The Morgan fingerprint density at radius 3 is 2.37 bits per heavy atom. The van der Waals surface area contributed by atoms with Crippen LogP contribution < -0.4 is 5.32 Å². The van der Waals surface area contributed by atoms with Crippen LogP contribution in [0.3, 0.4) is 0 Å². The quantitative estimate of drug-likeness (QED) is 0.843. The van der Waals surface area contributed by atoms with Crippen LogP contribution in [-0.2, 0) is 4.74 Å². The first-order valence-corrected chi connectivity index (χ1v) is 6.97. The van der Waals surface area contributed by atoms with Crippen molar-refractivity contribution in [1.82, 2.24) is 5.32 Å². The standard InChI is InChI=1S/C16H26FNO/c1-7-16(5,19-8-2)15(18-6)14-12(4)9-11(3)10-13(14)17/h9-10,15,18H,7-8H2,1-6H3. The molecule has 1 rings (SSSR count). The van der Waals surface area contributed by atoms with Gasteiger partial charge in [0.25, 0.3) is 0 Å². The Morgan fingerprint density at radius 1 is 1.32 bits per heavy atom. The first-order chi connectivity index (χ1) is 8.89. The third-order valence-electron chi connectivity index (χ3n) is 3.84. The number of aryl methyl sites for hydroxylation is 2. The molecule has 0 saturated heterocycles. The van der Waals surface area contributed by atoms with Crippen LogP contribution in [0.5, 0.6) is 0 Å². The van der Waals surface area contributed by atoms with Crippen LogP contribution in [0.15, 0.2) is 12.1 Å². The molecule has 1 aromatic rings. The van der Waals surface area contributed by atoms with Gasteiger partial charge >= 0.3 is 0 Å². The summed E-state index contributed by atoms with van der Waals surface area (Å²) < 4.78 is 20.3. The predicted molar refractivity (Wildman–Crippen MR) is 78.0 cm³/mol. The first kappa shape index (κ1) is 16.1. The molecule has 1 aromatic carbocycles. The molecule has 108 valence electrons. The number of hydrogen-bond donors (Lipinski definition) is 1. The van der Waals surface area contributed by atoms with Gasteiger partial charge in [0.15, 0.2) is 0 Å². The van der Waals surface area contributed by atoms with E-state index in [0.717, 1.165) is 17.5 Å². The van der Waals surface area contributed by atoms with Crippen molar-refractivity contribution < 1.29 is 9.13 Å². The molecular formula is C16H26FNO. The molecule has 1 N–H and O–H groups in total. The zero-order chi connectivity index (χ0) is 14.6. The van der Waals surface area contributed by atoms with E-state index in [0.29, 0.717) is 12.2 Å². The Balaban J connectivity index is 3.30. The summed E-state index contributed by atoms with van der Waals surface area (Å²) in [4.78, 5) is 0. The lowest BCUT2D eigenvalue weighted by Gasteiger charge is -2.38. The van der Waals surface area contributed by atoms with Crippen molar-refractivity contribution >= 4 is 0 Å². The van der Waals surface area contributed by atoms with Crippen LogP contribution in [0.25, 0.3) is 0 Å². The number of nitrogens with one attached hydrogen (secondary N) is 1. The summed E-state index contributed by atoms with van der Waals surface area (Å²) in [6.07, 6.45) is 0.819. The molecule has 0 aromatic heterocycles. The topological polar surface area (TPSA) is 21.3 Å². The van der Waals surface area contributed by atoms with E-state index >= 15 is 0 Å². The van der Waals surface area contributed by atoms with E-state index in [1.807, 2.05) is 40.8 Å². The number of hydrogen-bond acceptors (Lipinski definition) is 2. The minimum Gasteiger partial charge on any atom is -0.374 e. The molecule has 0 fully saturated rings. The van der Waals surface area contributed by atoms with E-state index in [1.54, 1.807) is 6.07 Å². The molecular weight excluding hydrogens is 241 g/mol. The van der Waals surface area contributed by atoms with Gasteiger partial charge in [-0.05, 0) is 58.4 Å². The number of benzene rings is 1. The largest absolute Gasteiger partial charge is 0.374 e. The molecule has 19 heavy (non-hydrogen) atoms. The average Bonchev–Trinajstić information content (AvgIpc) is 2.33. The fourth-order valence-electron chi connectivity index (χ4n) is 2.77. The number of likely N-dealkylation sites (N-methyl/N-ethyl adjacent to an activating group) is 1. The molecule has 0 aliphatic carbocycles. The normalized spacial score (nSPS) is 16.2. The molecule has 0 amide bonds. The summed E-state index contributed by atoms with van der Waals surface area (Å²) in [5.41, 5.74) is 2.22. The first-order valence-electron chi connectivity index (χ1n) is 6.97. The molecule has 2 atom stereocenters. The predicted octanol–water partition coefficient (Wildman–Crippen LogP) is 3.91. The van der Waals surface area contributed by atoms with Crippen molar-refractivity contribution in [2.75, 3.05) is 13.7 Å². The lowest BCUT2D eigenvalue weighted by Crippen LogP contribution is -2.43. The third kappa shape index (κ3) is 3.34. The lowest BCUT2D eigenvalue weighted by molar-refractivity contribution is -0.0555. The number of ether oxygens (including phenoxy) is 1. The van der Waals surface area contributed by atoms with Gasteiger partial charge in [-0.2, -0.15) is 0 Å². The van der Waals surface area contributed by atoms with Crippen LogP contribution in [0.1, 0.15) is 49.9 Å². The monoisotopic (exact) mass is 267 g/mol. The summed E-state index contributed by atoms with van der Waals surface area (Å²) >= 11 is 0. The van der Waals surface area contributed by atoms with Gasteiger partial charge in [0.2, 0.25) is 0 Å². The van der Waals surface area contributed by atoms with Gasteiger partial charge in [0.1, 0.15) is 5.82 Å². The summed E-state index contributed by atoms with van der Waals surface area (Å²) in [6.45, 7) is 10.6. The second kappa shape index (κ2) is 6.49. The van der Waals surface area contributed by atoms with Crippen LogP contribution in [0.4, 0.5) is 4.39 Å². The molecule has 2 nitrogen and oxygen atoms in total. The van der Waals surface area contributed by atoms with E-state index in [2.05, 4.69) is 12.2 Å². The Bertz CT molecular complexity index is 410. The minimum atomic E-state index is -0.412. The highest BCUT2D eigenvalue weighted by molar-refractivity contribution is 5.36. The van der Waals surface area contributed by atoms with Gasteiger partial charge in [-0.25, -0.2) is 4.39 Å². The number of rotatable bonds is 6. The second-order valence-electron chi connectivity index (χ2n) is 5.30. The number of halogens is 1. The van der Waals surface area contributed by atoms with Crippen LogP contribution >= 0.6 is 0 Å². The Kier molecular flexibility index (Phi) is 5.50. The Morgan fingerprint density at radius 2 is 1.95 bits per heavy atom. The fourth-order valence-corrected chi connectivity index (χ4v) is 2.77. The van der Waals surface area contributed by atoms with Gasteiger partial charge in [-0.15, -0.1) is 0 Å². The average molecular weight is 267 g/mol. The van der Waals surface area contributed by atoms with Crippen LogP contribution in [-0.4, -0.2) is 19.3 Å². The van der Waals surface area contributed by atoms with Crippen LogP contribution in [0.2, 0.25) is 0 Å². The van der Waals surface area contributed by atoms with E-state index in [1.165, 1.54) is 0 Å². The van der Waals surface area contributed by atoms with Gasteiger partial charge < -0.3 is 10.1 Å². The molecule has 0 heterocycles. The third-order valence-corrected chi connectivity index (χ3v) is 3.84. The fraction of sp³-hybridized carbons (Fsp3) is 0.625. The molecule has 0 aliphatic rings. The van der Waals surface area contributed by atoms with E-state index < -0.39 is 5.60 Å². The maximum Gasteiger partial charge on any atom is 0.128 e. The zero-order valence-electron chi connectivity index (χ0n) is 12.9. The SMILES string of the molecule is CCOC(C)(CC)C(NC)c1c(C)cc(C)cc1F. The Labute approximate surface area is 116 Å². The van der Waals surface area contributed by atoms with Crippen molar-refractivity contribution in [3.63, 3.8) is 0 Å². The summed E-state index contributed by atoms with van der Waals surface area (Å²) in [5.74, 6) is -0.156. The van der Waals surface area contributed by atoms with Crippen molar-refractivity contribution in [1.29, 1.82) is 0 Å². The molecule has 2 unspecified atom stereocenters.